The number of rotatable bonds is 5. The zero-order valence-electron chi connectivity index (χ0n) is 10.0. The van der Waals surface area contributed by atoms with Gasteiger partial charge in [0.1, 0.15) is 11.8 Å². The SMILES string of the molecule is CCNC(C)c1cccc(OC(C)C#N)c1. The summed E-state index contributed by atoms with van der Waals surface area (Å²) in [6, 6.07) is 10.2. The quantitative estimate of drug-likeness (QED) is 0.826. The van der Waals surface area contributed by atoms with Crippen molar-refractivity contribution in [3.05, 3.63) is 29.8 Å². The second kappa shape index (κ2) is 6.14. The van der Waals surface area contributed by atoms with Gasteiger partial charge < -0.3 is 10.1 Å². The van der Waals surface area contributed by atoms with Crippen LogP contribution in [0.4, 0.5) is 0 Å². The monoisotopic (exact) mass is 218 g/mol. The minimum atomic E-state index is -0.412. The second-order valence-corrected chi connectivity index (χ2v) is 3.74. The van der Waals surface area contributed by atoms with Crippen molar-refractivity contribution in [2.45, 2.75) is 32.9 Å². The van der Waals surface area contributed by atoms with E-state index in [-0.39, 0.29) is 0 Å². The van der Waals surface area contributed by atoms with Crippen LogP contribution >= 0.6 is 0 Å². The third-order valence-electron chi connectivity index (χ3n) is 2.36. The molecule has 0 heterocycles. The third-order valence-corrected chi connectivity index (χ3v) is 2.36. The van der Waals surface area contributed by atoms with E-state index < -0.39 is 6.10 Å². The molecule has 0 aromatic heterocycles. The van der Waals surface area contributed by atoms with Gasteiger partial charge in [-0.15, -0.1) is 0 Å². The first-order valence-corrected chi connectivity index (χ1v) is 5.57. The Morgan fingerprint density at radius 2 is 2.19 bits per heavy atom. The molecule has 0 saturated heterocycles. The number of hydrogen-bond donors (Lipinski definition) is 1. The summed E-state index contributed by atoms with van der Waals surface area (Å²) in [5, 5.41) is 12.0. The Bertz CT molecular complexity index is 370. The lowest BCUT2D eigenvalue weighted by molar-refractivity contribution is 0.276. The highest BCUT2D eigenvalue weighted by atomic mass is 16.5. The molecule has 0 aliphatic heterocycles. The molecule has 86 valence electrons. The van der Waals surface area contributed by atoms with Gasteiger partial charge in [0.2, 0.25) is 0 Å². The van der Waals surface area contributed by atoms with Gasteiger partial charge in [0.05, 0.1) is 0 Å². The van der Waals surface area contributed by atoms with Gasteiger partial charge in [-0.25, -0.2) is 0 Å². The molecule has 3 nitrogen and oxygen atoms in total. The molecule has 1 aromatic rings. The lowest BCUT2D eigenvalue weighted by Crippen LogP contribution is -2.17. The van der Waals surface area contributed by atoms with Gasteiger partial charge in [-0.05, 0) is 38.1 Å². The summed E-state index contributed by atoms with van der Waals surface area (Å²) in [4.78, 5) is 0. The van der Waals surface area contributed by atoms with Crippen molar-refractivity contribution in [2.24, 2.45) is 0 Å². The number of nitrogens with one attached hydrogen (secondary N) is 1. The summed E-state index contributed by atoms with van der Waals surface area (Å²) in [6.45, 7) is 6.85. The van der Waals surface area contributed by atoms with E-state index >= 15 is 0 Å². The van der Waals surface area contributed by atoms with Gasteiger partial charge in [-0.3, -0.25) is 0 Å². The van der Waals surface area contributed by atoms with E-state index in [4.69, 9.17) is 10.00 Å². The summed E-state index contributed by atoms with van der Waals surface area (Å²) in [7, 11) is 0. The van der Waals surface area contributed by atoms with Crippen LogP contribution in [0, 0.1) is 11.3 Å². The maximum absolute atomic E-state index is 8.67. The summed E-state index contributed by atoms with van der Waals surface area (Å²) >= 11 is 0. The van der Waals surface area contributed by atoms with Crippen LogP contribution in [-0.2, 0) is 0 Å². The fourth-order valence-electron chi connectivity index (χ4n) is 1.51. The zero-order chi connectivity index (χ0) is 12.0. The first kappa shape index (κ1) is 12.5. The summed E-state index contributed by atoms with van der Waals surface area (Å²) in [6.07, 6.45) is -0.412. The van der Waals surface area contributed by atoms with Gasteiger partial charge in [0.25, 0.3) is 0 Å². The van der Waals surface area contributed by atoms with E-state index in [2.05, 4.69) is 25.2 Å². The number of benzene rings is 1. The molecule has 0 saturated carbocycles. The van der Waals surface area contributed by atoms with Crippen molar-refractivity contribution >= 4 is 0 Å². The Hall–Kier alpha value is -1.53. The normalized spacial score (nSPS) is 13.9. The van der Waals surface area contributed by atoms with Crippen molar-refractivity contribution in [3.63, 3.8) is 0 Å². The first-order chi connectivity index (χ1) is 7.67. The highest BCUT2D eigenvalue weighted by Gasteiger charge is 2.06. The van der Waals surface area contributed by atoms with E-state index in [0.29, 0.717) is 6.04 Å². The van der Waals surface area contributed by atoms with Crippen molar-refractivity contribution < 1.29 is 4.74 Å². The summed E-state index contributed by atoms with van der Waals surface area (Å²) in [5.41, 5.74) is 1.17. The van der Waals surface area contributed by atoms with E-state index in [1.807, 2.05) is 24.3 Å². The second-order valence-electron chi connectivity index (χ2n) is 3.74. The molecule has 0 bridgehead atoms. The van der Waals surface area contributed by atoms with Crippen LogP contribution in [0.15, 0.2) is 24.3 Å². The Labute approximate surface area is 97.0 Å². The average molecular weight is 218 g/mol. The van der Waals surface area contributed by atoms with E-state index in [1.165, 1.54) is 5.56 Å². The average Bonchev–Trinajstić information content (AvgIpc) is 2.29. The highest BCUT2D eigenvalue weighted by molar-refractivity contribution is 5.30. The molecule has 0 aliphatic carbocycles. The fraction of sp³-hybridized carbons (Fsp3) is 0.462. The lowest BCUT2D eigenvalue weighted by atomic mass is 10.1. The molecular weight excluding hydrogens is 200 g/mol. The van der Waals surface area contributed by atoms with E-state index in [0.717, 1.165) is 12.3 Å². The van der Waals surface area contributed by atoms with Gasteiger partial charge in [-0.2, -0.15) is 5.26 Å². The van der Waals surface area contributed by atoms with Crippen molar-refractivity contribution in [3.8, 4) is 11.8 Å². The highest BCUT2D eigenvalue weighted by Crippen LogP contribution is 2.19. The Balaban J connectivity index is 2.75. The zero-order valence-corrected chi connectivity index (χ0v) is 10.0. The van der Waals surface area contributed by atoms with Crippen molar-refractivity contribution in [1.82, 2.24) is 5.32 Å². The molecule has 3 heteroatoms. The van der Waals surface area contributed by atoms with Crippen molar-refractivity contribution in [1.29, 1.82) is 5.26 Å². The molecule has 1 aromatic carbocycles. The Kier molecular flexibility index (Phi) is 4.81. The third kappa shape index (κ3) is 3.56. The minimum absolute atomic E-state index is 0.297. The van der Waals surface area contributed by atoms with E-state index in [1.54, 1.807) is 6.92 Å². The number of nitrogens with zero attached hydrogens (tertiary/aromatic N) is 1. The molecule has 0 aliphatic rings. The maximum Gasteiger partial charge on any atom is 0.181 e. The Morgan fingerprint density at radius 1 is 1.44 bits per heavy atom. The molecular formula is C13H18N2O. The van der Waals surface area contributed by atoms with Gasteiger partial charge in [0, 0.05) is 6.04 Å². The van der Waals surface area contributed by atoms with Crippen molar-refractivity contribution in [2.75, 3.05) is 6.54 Å². The van der Waals surface area contributed by atoms with Crippen LogP contribution in [0.1, 0.15) is 32.4 Å². The van der Waals surface area contributed by atoms with Crippen LogP contribution in [0.5, 0.6) is 5.75 Å². The smallest absolute Gasteiger partial charge is 0.181 e. The predicted octanol–water partition coefficient (Wildman–Crippen LogP) is 2.65. The van der Waals surface area contributed by atoms with E-state index in [9.17, 15) is 0 Å². The minimum Gasteiger partial charge on any atom is -0.476 e. The van der Waals surface area contributed by atoms with Crippen LogP contribution in [0.25, 0.3) is 0 Å². The molecule has 2 unspecified atom stereocenters. The van der Waals surface area contributed by atoms with Crippen LogP contribution < -0.4 is 10.1 Å². The van der Waals surface area contributed by atoms with Gasteiger partial charge >= 0.3 is 0 Å². The molecule has 0 amide bonds. The van der Waals surface area contributed by atoms with Gasteiger partial charge in [-0.1, -0.05) is 19.1 Å². The number of nitriles is 1. The molecule has 0 fully saturated rings. The topological polar surface area (TPSA) is 45.0 Å². The molecule has 1 N–H and O–H groups in total. The predicted molar refractivity (Wildman–Crippen MR) is 64.2 cm³/mol. The standard InChI is InChI=1S/C13H18N2O/c1-4-15-11(3)12-6-5-7-13(8-12)16-10(2)9-14/h5-8,10-11,15H,4H2,1-3H3. The Morgan fingerprint density at radius 3 is 2.81 bits per heavy atom. The summed E-state index contributed by atoms with van der Waals surface area (Å²) < 4.78 is 5.44. The molecule has 0 radical (unpaired) electrons. The maximum atomic E-state index is 8.67. The summed E-state index contributed by atoms with van der Waals surface area (Å²) in [5.74, 6) is 0.747. The molecule has 2 atom stereocenters. The molecule has 1 rings (SSSR count). The van der Waals surface area contributed by atoms with Crippen LogP contribution in [0.2, 0.25) is 0 Å². The van der Waals surface area contributed by atoms with Crippen LogP contribution in [-0.4, -0.2) is 12.6 Å². The largest absolute Gasteiger partial charge is 0.476 e. The molecule has 16 heavy (non-hydrogen) atoms. The first-order valence-electron chi connectivity index (χ1n) is 5.57. The lowest BCUT2D eigenvalue weighted by Gasteiger charge is -2.14. The number of ether oxygens (including phenoxy) is 1. The fourth-order valence-corrected chi connectivity index (χ4v) is 1.51. The van der Waals surface area contributed by atoms with Crippen LogP contribution in [0.3, 0.4) is 0 Å². The van der Waals surface area contributed by atoms with Gasteiger partial charge in [0.15, 0.2) is 6.10 Å². The molecule has 0 spiro atoms. The number of hydrogen-bond acceptors (Lipinski definition) is 3.